The molecule has 5 heteroatoms. The molecule has 0 amide bonds. The number of ether oxygens (including phenoxy) is 1. The van der Waals surface area contributed by atoms with Gasteiger partial charge in [0.2, 0.25) is 0 Å². The highest BCUT2D eigenvalue weighted by Crippen LogP contribution is 2.27. The van der Waals surface area contributed by atoms with E-state index in [4.69, 9.17) is 4.74 Å². The first-order valence-electron chi connectivity index (χ1n) is 6.01. The Morgan fingerprint density at radius 3 is 2.94 bits per heavy atom. The maximum absolute atomic E-state index is 11.8. The lowest BCUT2D eigenvalue weighted by Gasteiger charge is -2.16. The van der Waals surface area contributed by atoms with Gasteiger partial charge in [0, 0.05) is 19.6 Å². The largest absolute Gasteiger partial charge is 0.462 e. The molecule has 1 aromatic heterocycles. The van der Waals surface area contributed by atoms with Gasteiger partial charge in [0.05, 0.1) is 18.5 Å². The Labute approximate surface area is 101 Å². The third-order valence-electron chi connectivity index (χ3n) is 3.13. The number of nitrogens with zero attached hydrogens (tertiary/aromatic N) is 3. The van der Waals surface area contributed by atoms with Crippen molar-refractivity contribution in [2.75, 3.05) is 13.7 Å². The van der Waals surface area contributed by atoms with Crippen LogP contribution in [-0.2, 0) is 18.3 Å². The minimum absolute atomic E-state index is 0.278. The van der Waals surface area contributed by atoms with Crippen molar-refractivity contribution >= 4 is 5.97 Å². The summed E-state index contributed by atoms with van der Waals surface area (Å²) in [5.41, 5.74) is 1.51. The quantitative estimate of drug-likeness (QED) is 0.722. The fourth-order valence-corrected chi connectivity index (χ4v) is 1.91. The number of carbonyl (C=O) groups is 1. The smallest absolute Gasteiger partial charge is 0.341 e. The Morgan fingerprint density at radius 2 is 2.35 bits per heavy atom. The molecule has 0 aliphatic heterocycles. The Bertz CT molecular complexity index is 410. The van der Waals surface area contributed by atoms with Crippen molar-refractivity contribution < 1.29 is 9.53 Å². The second-order valence-electron chi connectivity index (χ2n) is 4.50. The lowest BCUT2D eigenvalue weighted by Crippen LogP contribution is -2.23. The Balaban J connectivity index is 2.13. The summed E-state index contributed by atoms with van der Waals surface area (Å²) in [5.74, 6) is -0.278. The molecule has 0 saturated heterocycles. The second kappa shape index (κ2) is 4.87. The number of esters is 1. The van der Waals surface area contributed by atoms with Crippen LogP contribution < -0.4 is 0 Å². The van der Waals surface area contributed by atoms with E-state index in [2.05, 4.69) is 17.0 Å². The molecule has 1 fully saturated rings. The predicted octanol–water partition coefficient (Wildman–Crippen LogP) is 1.19. The fraction of sp³-hybridized carbons (Fsp3) is 0.667. The Morgan fingerprint density at radius 1 is 1.65 bits per heavy atom. The first kappa shape index (κ1) is 12.1. The average Bonchev–Trinajstić information content (AvgIpc) is 3.07. The van der Waals surface area contributed by atoms with E-state index in [1.54, 1.807) is 10.9 Å². The predicted molar refractivity (Wildman–Crippen MR) is 63.7 cm³/mol. The van der Waals surface area contributed by atoms with E-state index in [1.807, 2.05) is 14.0 Å². The molecule has 0 spiro atoms. The van der Waals surface area contributed by atoms with Gasteiger partial charge in [0.25, 0.3) is 0 Å². The molecule has 0 N–H and O–H groups in total. The van der Waals surface area contributed by atoms with Crippen molar-refractivity contribution in [2.45, 2.75) is 32.4 Å². The highest BCUT2D eigenvalue weighted by molar-refractivity contribution is 5.90. The molecule has 1 aliphatic carbocycles. The Kier molecular flexibility index (Phi) is 3.47. The summed E-state index contributed by atoms with van der Waals surface area (Å²) in [6.07, 6.45) is 4.10. The molecule has 2 rings (SSSR count). The standard InChI is InChI=1S/C12H19N3O2/c1-4-17-12(16)10-7-13-15(3)11(10)8-14(2)9-5-6-9/h7,9H,4-6,8H2,1-3H3. The fourth-order valence-electron chi connectivity index (χ4n) is 1.91. The number of hydrogen-bond acceptors (Lipinski definition) is 4. The lowest BCUT2D eigenvalue weighted by molar-refractivity contribution is 0.0523. The minimum Gasteiger partial charge on any atom is -0.462 e. The highest BCUT2D eigenvalue weighted by atomic mass is 16.5. The molecule has 1 saturated carbocycles. The summed E-state index contributed by atoms with van der Waals surface area (Å²) in [5, 5.41) is 4.14. The van der Waals surface area contributed by atoms with Crippen LogP contribution in [0.2, 0.25) is 0 Å². The molecule has 94 valence electrons. The molecular weight excluding hydrogens is 218 g/mol. The van der Waals surface area contributed by atoms with Crippen LogP contribution in [-0.4, -0.2) is 40.3 Å². The molecule has 0 radical (unpaired) electrons. The maximum atomic E-state index is 11.8. The molecule has 17 heavy (non-hydrogen) atoms. The van der Waals surface area contributed by atoms with Crippen LogP contribution >= 0.6 is 0 Å². The Hall–Kier alpha value is -1.36. The summed E-state index contributed by atoms with van der Waals surface area (Å²) >= 11 is 0. The van der Waals surface area contributed by atoms with E-state index in [9.17, 15) is 4.79 Å². The molecular formula is C12H19N3O2. The van der Waals surface area contributed by atoms with Crippen LogP contribution in [0.1, 0.15) is 35.8 Å². The van der Waals surface area contributed by atoms with Gasteiger partial charge in [-0.1, -0.05) is 0 Å². The first-order chi connectivity index (χ1) is 8.13. The summed E-state index contributed by atoms with van der Waals surface area (Å²) in [6.45, 7) is 2.95. The van der Waals surface area contributed by atoms with Gasteiger partial charge >= 0.3 is 5.97 Å². The van der Waals surface area contributed by atoms with Crippen LogP contribution in [0.5, 0.6) is 0 Å². The maximum Gasteiger partial charge on any atom is 0.341 e. The van der Waals surface area contributed by atoms with E-state index in [1.165, 1.54) is 12.8 Å². The molecule has 1 heterocycles. The van der Waals surface area contributed by atoms with Crippen LogP contribution in [0.3, 0.4) is 0 Å². The third kappa shape index (κ3) is 2.66. The van der Waals surface area contributed by atoms with Crippen molar-refractivity contribution in [2.24, 2.45) is 7.05 Å². The minimum atomic E-state index is -0.278. The summed E-state index contributed by atoms with van der Waals surface area (Å²) in [6, 6.07) is 0.667. The van der Waals surface area contributed by atoms with Crippen molar-refractivity contribution in [3.05, 3.63) is 17.5 Å². The van der Waals surface area contributed by atoms with Gasteiger partial charge in [-0.05, 0) is 26.8 Å². The lowest BCUT2D eigenvalue weighted by atomic mass is 10.2. The molecule has 0 atom stereocenters. The summed E-state index contributed by atoms with van der Waals surface area (Å²) in [4.78, 5) is 14.0. The molecule has 0 unspecified atom stereocenters. The number of rotatable bonds is 5. The van der Waals surface area contributed by atoms with E-state index in [-0.39, 0.29) is 5.97 Å². The second-order valence-corrected chi connectivity index (χ2v) is 4.50. The highest BCUT2D eigenvalue weighted by Gasteiger charge is 2.28. The topological polar surface area (TPSA) is 47.4 Å². The van der Waals surface area contributed by atoms with E-state index in [0.29, 0.717) is 18.2 Å². The zero-order chi connectivity index (χ0) is 12.4. The molecule has 1 aromatic rings. The number of hydrogen-bond donors (Lipinski definition) is 0. The van der Waals surface area contributed by atoms with E-state index < -0.39 is 0 Å². The number of aromatic nitrogens is 2. The van der Waals surface area contributed by atoms with Crippen molar-refractivity contribution in [1.82, 2.24) is 14.7 Å². The van der Waals surface area contributed by atoms with Gasteiger partial charge in [0.15, 0.2) is 0 Å². The SMILES string of the molecule is CCOC(=O)c1cnn(C)c1CN(C)C1CC1. The van der Waals surface area contributed by atoms with Crippen LogP contribution in [0, 0.1) is 0 Å². The number of carbonyl (C=O) groups excluding carboxylic acids is 1. The van der Waals surface area contributed by atoms with Gasteiger partial charge in [-0.3, -0.25) is 9.58 Å². The normalized spacial score (nSPS) is 15.3. The first-order valence-corrected chi connectivity index (χ1v) is 6.01. The van der Waals surface area contributed by atoms with E-state index in [0.717, 1.165) is 12.2 Å². The molecule has 0 bridgehead atoms. The molecule has 5 nitrogen and oxygen atoms in total. The summed E-state index contributed by atoms with van der Waals surface area (Å²) < 4.78 is 6.78. The van der Waals surface area contributed by atoms with Crippen molar-refractivity contribution in [1.29, 1.82) is 0 Å². The molecule has 0 aromatic carbocycles. The summed E-state index contributed by atoms with van der Waals surface area (Å²) in [7, 11) is 3.94. The van der Waals surface area contributed by atoms with Crippen molar-refractivity contribution in [3.63, 3.8) is 0 Å². The van der Waals surface area contributed by atoms with Gasteiger partial charge in [0.1, 0.15) is 5.56 Å². The monoisotopic (exact) mass is 237 g/mol. The van der Waals surface area contributed by atoms with Crippen LogP contribution in [0.25, 0.3) is 0 Å². The third-order valence-corrected chi connectivity index (χ3v) is 3.13. The van der Waals surface area contributed by atoms with Gasteiger partial charge < -0.3 is 4.74 Å². The van der Waals surface area contributed by atoms with E-state index >= 15 is 0 Å². The van der Waals surface area contributed by atoms with Crippen LogP contribution in [0.15, 0.2) is 6.20 Å². The van der Waals surface area contributed by atoms with Crippen LogP contribution in [0.4, 0.5) is 0 Å². The molecule has 1 aliphatic rings. The van der Waals surface area contributed by atoms with Gasteiger partial charge in [-0.2, -0.15) is 5.10 Å². The van der Waals surface area contributed by atoms with Gasteiger partial charge in [-0.25, -0.2) is 4.79 Å². The zero-order valence-corrected chi connectivity index (χ0v) is 10.6. The zero-order valence-electron chi connectivity index (χ0n) is 10.6. The van der Waals surface area contributed by atoms with Gasteiger partial charge in [-0.15, -0.1) is 0 Å². The van der Waals surface area contributed by atoms with Crippen molar-refractivity contribution in [3.8, 4) is 0 Å². The number of aryl methyl sites for hydroxylation is 1. The average molecular weight is 237 g/mol.